The predicted molar refractivity (Wildman–Crippen MR) is 141 cm³/mol. The second-order valence-corrected chi connectivity index (χ2v) is 8.00. The van der Waals surface area contributed by atoms with Gasteiger partial charge in [-0.3, -0.25) is 9.59 Å². The van der Waals surface area contributed by atoms with Crippen molar-refractivity contribution < 1.29 is 23.5 Å². The van der Waals surface area contributed by atoms with Crippen LogP contribution in [0.3, 0.4) is 0 Å². The number of carbonyl (C=O) groups excluding carboxylic acids is 2. The molecule has 0 aliphatic carbocycles. The zero-order valence-electron chi connectivity index (χ0n) is 19.7. The van der Waals surface area contributed by atoms with Crippen molar-refractivity contribution in [3.05, 3.63) is 107 Å². The Bertz CT molecular complexity index is 1410. The van der Waals surface area contributed by atoms with Crippen LogP contribution in [0.15, 0.2) is 89.3 Å². The molecule has 4 rings (SSSR count). The van der Waals surface area contributed by atoms with Gasteiger partial charge in [0.05, 0.1) is 12.3 Å². The lowest BCUT2D eigenvalue weighted by Gasteiger charge is -2.07. The number of Topliss-reactive ketones (excluding diaryl/α,β-unsaturated/α-hetero) is 1. The topological polar surface area (TPSA) is 118 Å². The Morgan fingerprint density at radius 2 is 1.70 bits per heavy atom. The van der Waals surface area contributed by atoms with E-state index in [0.29, 0.717) is 35.9 Å². The summed E-state index contributed by atoms with van der Waals surface area (Å²) in [6.07, 6.45) is 0.425. The molecule has 3 aromatic carbocycles. The fraction of sp³-hybridized carbons (Fsp3) is 0.172. The number of aryl methyl sites for hydroxylation is 1. The normalized spacial score (nSPS) is 10.1. The Balaban J connectivity index is 0.00000380. The second-order valence-electron chi connectivity index (χ2n) is 8.00. The van der Waals surface area contributed by atoms with Gasteiger partial charge in [0.25, 0.3) is 5.78 Å². The highest BCUT2D eigenvalue weighted by Crippen LogP contribution is 2.22. The third-order valence-corrected chi connectivity index (χ3v) is 5.39. The van der Waals surface area contributed by atoms with E-state index in [4.69, 9.17) is 9.15 Å². The highest BCUT2D eigenvalue weighted by atomic mass is 16.5. The number of oxazole rings is 1. The molecule has 0 aliphatic heterocycles. The number of nitrogens with zero attached hydrogens (tertiary/aromatic N) is 3. The molecule has 4 aromatic rings. The number of ether oxygens (including phenoxy) is 1. The molecular formula is C29H28N4O4. The molecular weight excluding hydrogens is 468 g/mol. The molecule has 0 atom stereocenters. The molecule has 8 heteroatoms. The van der Waals surface area contributed by atoms with E-state index < -0.39 is 17.4 Å². The maximum Gasteiger partial charge on any atom is 0.422 e. The minimum atomic E-state index is -0.779. The molecule has 0 spiro atoms. The van der Waals surface area contributed by atoms with Crippen LogP contribution in [0.25, 0.3) is 17.0 Å². The number of ketones is 1. The summed E-state index contributed by atoms with van der Waals surface area (Å²) in [6, 6.07) is 25.3. The number of hydrogen-bond acceptors (Lipinski definition) is 5. The number of para-hydroxylation sites is 1. The summed E-state index contributed by atoms with van der Waals surface area (Å²) in [5.74, 6) is 0.484. The summed E-state index contributed by atoms with van der Waals surface area (Å²) in [4.78, 5) is 32.5. The Kier molecular flexibility index (Phi) is 9.24. The van der Waals surface area contributed by atoms with Crippen LogP contribution in [-0.2, 0) is 22.4 Å². The van der Waals surface area contributed by atoms with E-state index in [1.54, 1.807) is 54.6 Å². The van der Waals surface area contributed by atoms with Crippen LogP contribution in [0.1, 0.15) is 24.4 Å². The lowest BCUT2D eigenvalue weighted by molar-refractivity contribution is -0.122. The van der Waals surface area contributed by atoms with Gasteiger partial charge in [-0.1, -0.05) is 56.0 Å². The molecule has 0 aliphatic rings. The quantitative estimate of drug-likeness (QED) is 0.138. The first-order valence-electron chi connectivity index (χ1n) is 11.4. The fourth-order valence-corrected chi connectivity index (χ4v) is 3.58. The number of benzene rings is 3. The summed E-state index contributed by atoms with van der Waals surface area (Å²) < 4.78 is 11.7. The van der Waals surface area contributed by atoms with Gasteiger partial charge in [-0.2, -0.15) is 4.79 Å². The first kappa shape index (κ1) is 26.8. The van der Waals surface area contributed by atoms with Crippen molar-refractivity contribution in [2.45, 2.75) is 27.2 Å². The van der Waals surface area contributed by atoms with Crippen molar-refractivity contribution in [1.29, 1.82) is 0 Å². The molecule has 0 unspecified atom stereocenters. The first-order valence-corrected chi connectivity index (χ1v) is 11.4. The van der Waals surface area contributed by atoms with E-state index in [9.17, 15) is 15.1 Å². The molecule has 1 amide bonds. The number of nitrogens with one attached hydrogen (secondary N) is 1. The van der Waals surface area contributed by atoms with Gasteiger partial charge in [-0.25, -0.2) is 4.98 Å². The molecule has 0 bridgehead atoms. The van der Waals surface area contributed by atoms with Gasteiger partial charge < -0.3 is 20.0 Å². The highest BCUT2D eigenvalue weighted by Gasteiger charge is 2.29. The molecule has 188 valence electrons. The van der Waals surface area contributed by atoms with Crippen LogP contribution in [0.4, 0.5) is 5.69 Å². The van der Waals surface area contributed by atoms with Gasteiger partial charge >= 0.3 is 11.6 Å². The Hall–Kier alpha value is -4.81. The molecule has 0 fully saturated rings. The summed E-state index contributed by atoms with van der Waals surface area (Å²) in [6.45, 7) is 2.23. The number of amides is 1. The molecule has 37 heavy (non-hydrogen) atoms. The molecule has 1 aromatic heterocycles. The number of aromatic nitrogens is 1. The average Bonchev–Trinajstić information content (AvgIpc) is 3.26. The van der Waals surface area contributed by atoms with Gasteiger partial charge in [-0.15, -0.1) is 0 Å². The molecule has 0 radical (unpaired) electrons. The molecule has 1 heterocycles. The first-order chi connectivity index (χ1) is 17.5. The number of anilines is 1. The van der Waals surface area contributed by atoms with E-state index >= 15 is 0 Å². The van der Waals surface area contributed by atoms with Crippen LogP contribution in [0.5, 0.6) is 5.75 Å². The van der Waals surface area contributed by atoms with Gasteiger partial charge in [0, 0.05) is 24.1 Å². The van der Waals surface area contributed by atoms with Crippen molar-refractivity contribution in [1.82, 2.24) is 4.98 Å². The maximum absolute atomic E-state index is 12.6. The van der Waals surface area contributed by atoms with Crippen LogP contribution >= 0.6 is 0 Å². The lowest BCUT2D eigenvalue weighted by atomic mass is 10.1. The molecule has 8 nitrogen and oxygen atoms in total. The zero-order chi connectivity index (χ0) is 25.3. The van der Waals surface area contributed by atoms with Gasteiger partial charge in [0.2, 0.25) is 5.89 Å². The van der Waals surface area contributed by atoms with Crippen LogP contribution in [0.2, 0.25) is 0 Å². The number of hydrogen-bond donors (Lipinski definition) is 1. The molecule has 0 saturated carbocycles. The Morgan fingerprint density at radius 3 is 2.41 bits per heavy atom. The lowest BCUT2D eigenvalue weighted by Crippen LogP contribution is -2.32. The van der Waals surface area contributed by atoms with Crippen molar-refractivity contribution >= 4 is 23.1 Å². The van der Waals surface area contributed by atoms with Crippen molar-refractivity contribution in [3.63, 3.8) is 0 Å². The van der Waals surface area contributed by atoms with Gasteiger partial charge in [0.15, 0.2) is 0 Å². The third-order valence-electron chi connectivity index (χ3n) is 5.39. The summed E-state index contributed by atoms with van der Waals surface area (Å²) in [5, 5.41) is 2.54. The maximum atomic E-state index is 12.6. The Morgan fingerprint density at radius 1 is 1.00 bits per heavy atom. The smallest absolute Gasteiger partial charge is 0.422 e. The van der Waals surface area contributed by atoms with E-state index in [1.165, 1.54) is 0 Å². The second kappa shape index (κ2) is 12.8. The standard InChI is InChI=1S/C28H24N4O4.CH4/c1-19-24(31-28(36-19)21-10-4-2-5-11-21)15-16-35-23-14-8-9-20(17-23)18-25(33)26(32-29)27(34)30-22-12-6-3-7-13-22;/h2-14,17H,15-16,18H2,1H3,(H,30,34);1H4. The van der Waals surface area contributed by atoms with E-state index in [2.05, 4.69) is 15.1 Å². The predicted octanol–water partition coefficient (Wildman–Crippen LogP) is 5.33. The van der Waals surface area contributed by atoms with Crippen LogP contribution in [0, 0.1) is 6.92 Å². The van der Waals surface area contributed by atoms with Crippen molar-refractivity contribution in [3.8, 4) is 17.2 Å². The highest BCUT2D eigenvalue weighted by molar-refractivity contribution is 6.65. The summed E-state index contributed by atoms with van der Waals surface area (Å²) in [5.41, 5.74) is 11.5. The molecule has 0 saturated heterocycles. The minimum Gasteiger partial charge on any atom is -0.493 e. The van der Waals surface area contributed by atoms with E-state index in [-0.39, 0.29) is 13.8 Å². The zero-order valence-corrected chi connectivity index (χ0v) is 19.7. The monoisotopic (exact) mass is 496 g/mol. The van der Waals surface area contributed by atoms with Crippen molar-refractivity contribution in [2.24, 2.45) is 0 Å². The summed E-state index contributed by atoms with van der Waals surface area (Å²) >= 11 is 0. The Labute approximate surface area is 215 Å². The van der Waals surface area contributed by atoms with Crippen LogP contribution < -0.4 is 10.1 Å². The molecule has 1 N–H and O–H groups in total. The van der Waals surface area contributed by atoms with Gasteiger partial charge in [-0.05, 0) is 48.9 Å². The minimum absolute atomic E-state index is 0. The van der Waals surface area contributed by atoms with E-state index in [0.717, 1.165) is 17.0 Å². The largest absolute Gasteiger partial charge is 0.493 e. The van der Waals surface area contributed by atoms with Crippen molar-refractivity contribution in [2.75, 3.05) is 11.9 Å². The summed E-state index contributed by atoms with van der Waals surface area (Å²) in [7, 11) is 0. The average molecular weight is 497 g/mol. The SMILES string of the molecule is C.Cc1oc(-c2ccccc2)nc1CCOc1cccc(CC(=O)C(=[N+]=[N-])C(=O)Nc2ccccc2)c1. The number of carbonyl (C=O) groups is 2. The van der Waals surface area contributed by atoms with Gasteiger partial charge in [0.1, 0.15) is 11.5 Å². The van der Waals surface area contributed by atoms with Crippen LogP contribution in [-0.4, -0.2) is 33.8 Å². The van der Waals surface area contributed by atoms with E-state index in [1.807, 2.05) is 37.3 Å². The number of rotatable bonds is 10. The fourth-order valence-electron chi connectivity index (χ4n) is 3.58. The third kappa shape index (κ3) is 7.10.